The molecule has 0 radical (unpaired) electrons. The van der Waals surface area contributed by atoms with E-state index in [1.54, 1.807) is 13.8 Å². The van der Waals surface area contributed by atoms with E-state index in [1.165, 1.54) is 30.3 Å². The summed E-state index contributed by atoms with van der Waals surface area (Å²) in [5.74, 6) is -0.359. The summed E-state index contributed by atoms with van der Waals surface area (Å²) in [5, 5.41) is -0.476. The van der Waals surface area contributed by atoms with Crippen molar-refractivity contribution in [1.82, 2.24) is 0 Å². The van der Waals surface area contributed by atoms with Gasteiger partial charge in [-0.25, -0.2) is 8.42 Å². The van der Waals surface area contributed by atoms with Crippen LogP contribution in [0.25, 0.3) is 11.3 Å². The number of hydrogen-bond donors (Lipinski definition) is 0. The lowest BCUT2D eigenvalue weighted by Gasteiger charge is -2.21. The van der Waals surface area contributed by atoms with E-state index in [1.807, 2.05) is 0 Å². The van der Waals surface area contributed by atoms with Gasteiger partial charge in [0, 0.05) is 11.8 Å². The van der Waals surface area contributed by atoms with Crippen molar-refractivity contribution in [3.8, 4) is 0 Å². The van der Waals surface area contributed by atoms with Gasteiger partial charge in [0.2, 0.25) is 5.78 Å². The SMILES string of the molecule is CCC1(C)OC(c2ccc(S(C)(=O)=O)cc2)=C(c2ccc(Cl)c(C(F)(F)F)c2)C1=O. The number of hydrogen-bond acceptors (Lipinski definition) is 4. The third-order valence-electron chi connectivity index (χ3n) is 5.04. The third-order valence-corrected chi connectivity index (χ3v) is 6.50. The van der Waals surface area contributed by atoms with Crippen LogP contribution >= 0.6 is 11.6 Å². The summed E-state index contributed by atoms with van der Waals surface area (Å²) >= 11 is 5.71. The Morgan fingerprint density at radius 3 is 2.13 bits per heavy atom. The minimum absolute atomic E-state index is 0.00591. The first-order chi connectivity index (χ1) is 13.8. The predicted octanol–water partition coefficient (Wildman–Crippen LogP) is 5.40. The highest BCUT2D eigenvalue weighted by Gasteiger charge is 2.45. The summed E-state index contributed by atoms with van der Waals surface area (Å²) in [6.45, 7) is 3.29. The maximum Gasteiger partial charge on any atom is 0.417 e. The van der Waals surface area contributed by atoms with E-state index in [9.17, 15) is 26.4 Å². The van der Waals surface area contributed by atoms with Gasteiger partial charge in [-0.2, -0.15) is 13.2 Å². The first kappa shape index (κ1) is 22.4. The van der Waals surface area contributed by atoms with Gasteiger partial charge in [0.25, 0.3) is 0 Å². The van der Waals surface area contributed by atoms with Crippen molar-refractivity contribution in [3.05, 3.63) is 64.2 Å². The highest BCUT2D eigenvalue weighted by atomic mass is 35.5. The van der Waals surface area contributed by atoms with Gasteiger partial charge in [0.15, 0.2) is 15.4 Å². The highest BCUT2D eigenvalue weighted by Crippen LogP contribution is 2.45. The van der Waals surface area contributed by atoms with Crippen molar-refractivity contribution in [1.29, 1.82) is 0 Å². The lowest BCUT2D eigenvalue weighted by molar-refractivity contribution is -0.137. The van der Waals surface area contributed by atoms with Crippen molar-refractivity contribution >= 4 is 38.6 Å². The Kier molecular flexibility index (Phi) is 5.54. The van der Waals surface area contributed by atoms with Crippen LogP contribution in [0.5, 0.6) is 0 Å². The van der Waals surface area contributed by atoms with Crippen molar-refractivity contribution in [2.45, 2.75) is 36.9 Å². The van der Waals surface area contributed by atoms with Gasteiger partial charge in [-0.05, 0) is 55.3 Å². The molecule has 0 spiro atoms. The average molecular weight is 459 g/mol. The minimum atomic E-state index is -4.69. The summed E-state index contributed by atoms with van der Waals surface area (Å²) in [6.07, 6.45) is -3.34. The van der Waals surface area contributed by atoms with Crippen LogP contribution in [0, 0.1) is 0 Å². The quantitative estimate of drug-likeness (QED) is 0.615. The van der Waals surface area contributed by atoms with Gasteiger partial charge in [0.05, 0.1) is 21.1 Å². The van der Waals surface area contributed by atoms with E-state index in [-0.39, 0.29) is 21.8 Å². The Morgan fingerprint density at radius 1 is 1.07 bits per heavy atom. The molecule has 1 atom stereocenters. The van der Waals surface area contributed by atoms with Crippen LogP contribution < -0.4 is 0 Å². The van der Waals surface area contributed by atoms with Gasteiger partial charge in [0.1, 0.15) is 5.76 Å². The maximum atomic E-state index is 13.3. The zero-order valence-electron chi connectivity index (χ0n) is 16.3. The molecule has 0 saturated heterocycles. The molecule has 0 fully saturated rings. The second-order valence-electron chi connectivity index (χ2n) is 7.21. The molecule has 0 bridgehead atoms. The summed E-state index contributed by atoms with van der Waals surface area (Å²) < 4.78 is 69.3. The lowest BCUT2D eigenvalue weighted by Crippen LogP contribution is -2.32. The maximum absolute atomic E-state index is 13.3. The number of alkyl halides is 3. The van der Waals surface area contributed by atoms with E-state index in [0.29, 0.717) is 12.0 Å². The Hall–Kier alpha value is -2.32. The second kappa shape index (κ2) is 7.42. The minimum Gasteiger partial charge on any atom is -0.478 e. The molecule has 30 heavy (non-hydrogen) atoms. The van der Waals surface area contributed by atoms with Gasteiger partial charge in [-0.3, -0.25) is 4.79 Å². The summed E-state index contributed by atoms with van der Waals surface area (Å²) in [7, 11) is -3.44. The van der Waals surface area contributed by atoms with Gasteiger partial charge in [-0.1, -0.05) is 24.6 Å². The normalized spacial score (nSPS) is 19.9. The number of ether oxygens (including phenoxy) is 1. The fraction of sp³-hybridized carbons (Fsp3) is 0.286. The fourth-order valence-corrected chi connectivity index (χ4v) is 4.00. The number of halogens is 4. The summed E-state index contributed by atoms with van der Waals surface area (Å²) in [6, 6.07) is 8.88. The Balaban J connectivity index is 2.23. The number of sulfone groups is 1. The molecule has 4 nitrogen and oxygen atoms in total. The summed E-state index contributed by atoms with van der Waals surface area (Å²) in [4.78, 5) is 13.2. The number of Topliss-reactive ketones (excluding diaryl/α,β-unsaturated/α-hetero) is 1. The zero-order valence-corrected chi connectivity index (χ0v) is 17.9. The van der Waals surface area contributed by atoms with Crippen LogP contribution in [0.15, 0.2) is 47.4 Å². The van der Waals surface area contributed by atoms with Crippen LogP contribution in [-0.4, -0.2) is 26.1 Å². The monoisotopic (exact) mass is 458 g/mol. The predicted molar refractivity (Wildman–Crippen MR) is 108 cm³/mol. The standard InChI is InChI=1S/C21H18ClF3O4S/c1-4-20(2)19(26)17(13-7-10-16(22)15(11-13)21(23,24)25)18(29-20)12-5-8-14(9-6-12)30(3,27)28/h5-11H,4H2,1-3H3. The van der Waals surface area contributed by atoms with Crippen LogP contribution in [0.3, 0.4) is 0 Å². The molecule has 1 aliphatic rings. The summed E-state index contributed by atoms with van der Waals surface area (Å²) in [5.41, 5.74) is -1.91. The highest BCUT2D eigenvalue weighted by molar-refractivity contribution is 7.90. The topological polar surface area (TPSA) is 60.4 Å². The van der Waals surface area contributed by atoms with Gasteiger partial charge >= 0.3 is 6.18 Å². The average Bonchev–Trinajstić information content (AvgIpc) is 2.93. The van der Waals surface area contributed by atoms with Crippen molar-refractivity contribution in [2.75, 3.05) is 6.26 Å². The second-order valence-corrected chi connectivity index (χ2v) is 9.63. The molecular formula is C21H18ClF3O4S. The van der Waals surface area contributed by atoms with E-state index >= 15 is 0 Å². The molecule has 2 aromatic rings. The van der Waals surface area contributed by atoms with Crippen molar-refractivity contribution < 1.29 is 31.1 Å². The van der Waals surface area contributed by atoms with Crippen LogP contribution in [-0.2, 0) is 25.5 Å². The molecule has 1 unspecified atom stereocenters. The number of rotatable bonds is 4. The molecule has 1 heterocycles. The molecule has 0 aromatic heterocycles. The molecule has 1 aliphatic heterocycles. The van der Waals surface area contributed by atoms with Crippen LogP contribution in [0.2, 0.25) is 5.02 Å². The van der Waals surface area contributed by atoms with E-state index in [4.69, 9.17) is 16.3 Å². The fourth-order valence-electron chi connectivity index (χ4n) is 3.14. The molecule has 0 saturated carbocycles. The van der Waals surface area contributed by atoms with Crippen molar-refractivity contribution in [2.24, 2.45) is 0 Å². The number of benzene rings is 2. The Labute approximate surface area is 177 Å². The number of carbonyl (C=O) groups is 1. The Bertz CT molecular complexity index is 1150. The first-order valence-electron chi connectivity index (χ1n) is 8.93. The molecular weight excluding hydrogens is 441 g/mol. The molecule has 160 valence electrons. The third kappa shape index (κ3) is 3.98. The molecule has 9 heteroatoms. The van der Waals surface area contributed by atoms with Crippen molar-refractivity contribution in [3.63, 3.8) is 0 Å². The van der Waals surface area contributed by atoms with E-state index in [2.05, 4.69) is 0 Å². The smallest absolute Gasteiger partial charge is 0.417 e. The molecule has 0 N–H and O–H groups in total. The number of ketones is 1. The molecule has 0 amide bonds. The number of carbonyl (C=O) groups excluding carboxylic acids is 1. The largest absolute Gasteiger partial charge is 0.478 e. The molecule has 2 aromatic carbocycles. The van der Waals surface area contributed by atoms with Gasteiger partial charge < -0.3 is 4.74 Å². The van der Waals surface area contributed by atoms with Crippen LogP contribution in [0.4, 0.5) is 13.2 Å². The van der Waals surface area contributed by atoms with E-state index < -0.39 is 38.0 Å². The molecule has 3 rings (SSSR count). The lowest BCUT2D eigenvalue weighted by atomic mass is 9.89. The van der Waals surface area contributed by atoms with Crippen LogP contribution in [0.1, 0.15) is 37.0 Å². The Morgan fingerprint density at radius 2 is 1.63 bits per heavy atom. The van der Waals surface area contributed by atoms with E-state index in [0.717, 1.165) is 18.4 Å². The zero-order chi connectivity index (χ0) is 22.5. The molecule has 0 aliphatic carbocycles. The van der Waals surface area contributed by atoms with Gasteiger partial charge in [-0.15, -0.1) is 0 Å². The first-order valence-corrected chi connectivity index (χ1v) is 11.2.